The predicted octanol–water partition coefficient (Wildman–Crippen LogP) is 17.5. The highest BCUT2D eigenvalue weighted by Gasteiger charge is 2.19. The molecule has 0 aromatic heterocycles. The van der Waals surface area contributed by atoms with Crippen molar-refractivity contribution in [3.8, 4) is 0 Å². The molecule has 0 aliphatic rings. The maximum absolute atomic E-state index is 12.8. The molecule has 0 radical (unpaired) electrons. The normalized spacial score (nSPS) is 12.4. The van der Waals surface area contributed by atoms with E-state index >= 15 is 0 Å². The van der Waals surface area contributed by atoms with Gasteiger partial charge in [0.15, 0.2) is 6.10 Å². The van der Waals surface area contributed by atoms with Gasteiger partial charge >= 0.3 is 17.9 Å². The number of carbonyl (C=O) groups excluding carboxylic acids is 3. The molecule has 360 valence electrons. The molecule has 0 aromatic carbocycles. The van der Waals surface area contributed by atoms with Crippen LogP contribution in [0, 0.1) is 0 Å². The first-order chi connectivity index (χ1) is 30.5. The Balaban J connectivity index is 4.41. The highest BCUT2D eigenvalue weighted by molar-refractivity contribution is 5.71. The van der Waals surface area contributed by atoms with Gasteiger partial charge in [-0.05, 0) is 83.5 Å². The number of allylic oxidation sites excluding steroid dienone is 8. The fourth-order valence-electron chi connectivity index (χ4n) is 7.50. The lowest BCUT2D eigenvalue weighted by molar-refractivity contribution is -0.167. The summed E-state index contributed by atoms with van der Waals surface area (Å²) in [5.74, 6) is -0.905. The summed E-state index contributed by atoms with van der Waals surface area (Å²) >= 11 is 0. The molecule has 0 saturated heterocycles. The summed E-state index contributed by atoms with van der Waals surface area (Å²) in [6.07, 6.45) is 60.9. The van der Waals surface area contributed by atoms with Gasteiger partial charge in [-0.2, -0.15) is 0 Å². The van der Waals surface area contributed by atoms with Crippen molar-refractivity contribution in [1.29, 1.82) is 0 Å². The molecule has 0 rings (SSSR count). The standard InChI is InChI=1S/C56H100O6/c1-4-7-10-13-16-19-22-25-27-28-30-32-35-38-41-44-47-50-56(59)62-53(51-60-54(57)48-45-42-39-36-33-24-21-18-15-12-9-6-3)52-61-55(58)49-46-43-40-37-34-31-29-26-23-20-17-14-11-8-5-2/h16,19,25-27,29-30,32,53H,4-15,17-18,20-24,28,31,33-52H2,1-3H3/b19-16-,27-25-,29-26-,32-30-/t53-/m0/s1. The van der Waals surface area contributed by atoms with E-state index in [-0.39, 0.29) is 31.1 Å². The average molecular weight is 869 g/mol. The molecule has 62 heavy (non-hydrogen) atoms. The van der Waals surface area contributed by atoms with Crippen LogP contribution in [0.3, 0.4) is 0 Å². The van der Waals surface area contributed by atoms with Crippen LogP contribution in [0.1, 0.15) is 271 Å². The lowest BCUT2D eigenvalue weighted by atomic mass is 10.0. The van der Waals surface area contributed by atoms with Gasteiger partial charge in [0.05, 0.1) is 0 Å². The van der Waals surface area contributed by atoms with Crippen LogP contribution >= 0.6 is 0 Å². The predicted molar refractivity (Wildman–Crippen MR) is 265 cm³/mol. The fourth-order valence-corrected chi connectivity index (χ4v) is 7.50. The van der Waals surface area contributed by atoms with E-state index in [1.807, 2.05) is 0 Å². The van der Waals surface area contributed by atoms with Gasteiger partial charge in [0.25, 0.3) is 0 Å². The molecule has 0 aromatic rings. The summed E-state index contributed by atoms with van der Waals surface area (Å²) in [5, 5.41) is 0. The van der Waals surface area contributed by atoms with Crippen LogP contribution in [0.5, 0.6) is 0 Å². The number of ether oxygens (including phenoxy) is 3. The number of unbranched alkanes of at least 4 members (excludes halogenated alkanes) is 29. The highest BCUT2D eigenvalue weighted by atomic mass is 16.6. The second-order valence-corrected chi connectivity index (χ2v) is 17.8. The quantitative estimate of drug-likeness (QED) is 0.0262. The molecule has 0 bridgehead atoms. The topological polar surface area (TPSA) is 78.9 Å². The second-order valence-electron chi connectivity index (χ2n) is 17.8. The van der Waals surface area contributed by atoms with E-state index in [0.717, 1.165) is 89.9 Å². The first kappa shape index (κ1) is 59.4. The van der Waals surface area contributed by atoms with E-state index in [9.17, 15) is 14.4 Å². The zero-order valence-corrected chi connectivity index (χ0v) is 41.1. The summed E-state index contributed by atoms with van der Waals surface area (Å²) in [5.41, 5.74) is 0. The largest absolute Gasteiger partial charge is 0.462 e. The first-order valence-electron chi connectivity index (χ1n) is 26.6. The van der Waals surface area contributed by atoms with Crippen molar-refractivity contribution in [3.05, 3.63) is 48.6 Å². The summed E-state index contributed by atoms with van der Waals surface area (Å²) in [4.78, 5) is 38.0. The van der Waals surface area contributed by atoms with Crippen molar-refractivity contribution in [2.75, 3.05) is 13.2 Å². The lowest BCUT2D eigenvalue weighted by Gasteiger charge is -2.18. The maximum Gasteiger partial charge on any atom is 0.306 e. The van der Waals surface area contributed by atoms with E-state index in [2.05, 4.69) is 69.4 Å². The molecule has 0 saturated carbocycles. The Kier molecular flexibility index (Phi) is 48.8. The van der Waals surface area contributed by atoms with Crippen molar-refractivity contribution in [1.82, 2.24) is 0 Å². The molecule has 0 N–H and O–H groups in total. The summed E-state index contributed by atoms with van der Waals surface area (Å²) < 4.78 is 16.8. The van der Waals surface area contributed by atoms with E-state index in [4.69, 9.17) is 14.2 Å². The van der Waals surface area contributed by atoms with Crippen LogP contribution in [0.2, 0.25) is 0 Å². The van der Waals surface area contributed by atoms with Gasteiger partial charge in [0.2, 0.25) is 0 Å². The van der Waals surface area contributed by atoms with E-state index < -0.39 is 6.10 Å². The number of esters is 3. The smallest absolute Gasteiger partial charge is 0.306 e. The Morgan fingerprint density at radius 1 is 0.323 bits per heavy atom. The minimum atomic E-state index is -0.785. The average Bonchev–Trinajstić information content (AvgIpc) is 3.27. The first-order valence-corrected chi connectivity index (χ1v) is 26.6. The highest BCUT2D eigenvalue weighted by Crippen LogP contribution is 2.15. The van der Waals surface area contributed by atoms with Crippen LogP contribution < -0.4 is 0 Å². The third-order valence-electron chi connectivity index (χ3n) is 11.6. The molecule has 0 unspecified atom stereocenters. The molecule has 0 aliphatic heterocycles. The maximum atomic E-state index is 12.8. The summed E-state index contributed by atoms with van der Waals surface area (Å²) in [7, 11) is 0. The zero-order valence-electron chi connectivity index (χ0n) is 41.1. The van der Waals surface area contributed by atoms with E-state index in [1.165, 1.54) is 141 Å². The molecular weight excluding hydrogens is 769 g/mol. The van der Waals surface area contributed by atoms with Crippen molar-refractivity contribution in [2.24, 2.45) is 0 Å². The van der Waals surface area contributed by atoms with Crippen LogP contribution in [-0.4, -0.2) is 37.2 Å². The molecule has 0 amide bonds. The minimum absolute atomic E-state index is 0.0826. The van der Waals surface area contributed by atoms with Crippen LogP contribution in [0.15, 0.2) is 48.6 Å². The molecule has 0 spiro atoms. The lowest BCUT2D eigenvalue weighted by Crippen LogP contribution is -2.30. The van der Waals surface area contributed by atoms with E-state index in [0.29, 0.717) is 19.3 Å². The molecule has 0 aliphatic carbocycles. The third kappa shape index (κ3) is 48.4. The van der Waals surface area contributed by atoms with Gasteiger partial charge in [-0.1, -0.05) is 217 Å². The Labute approximate surface area is 384 Å². The van der Waals surface area contributed by atoms with Crippen molar-refractivity contribution >= 4 is 17.9 Å². The molecule has 1 atom stereocenters. The van der Waals surface area contributed by atoms with Gasteiger partial charge < -0.3 is 14.2 Å². The molecular formula is C56H100O6. The zero-order chi connectivity index (χ0) is 45.1. The van der Waals surface area contributed by atoms with Gasteiger partial charge in [0.1, 0.15) is 13.2 Å². The van der Waals surface area contributed by atoms with Gasteiger partial charge in [0, 0.05) is 19.3 Å². The number of carbonyl (C=O) groups is 3. The van der Waals surface area contributed by atoms with Crippen molar-refractivity contribution in [3.63, 3.8) is 0 Å². The van der Waals surface area contributed by atoms with Crippen LogP contribution in [-0.2, 0) is 28.6 Å². The van der Waals surface area contributed by atoms with Crippen molar-refractivity contribution < 1.29 is 28.6 Å². The number of rotatable bonds is 48. The Bertz CT molecular complexity index is 1090. The molecule has 6 heteroatoms. The number of hydrogen-bond donors (Lipinski definition) is 0. The Hall–Kier alpha value is -2.63. The van der Waals surface area contributed by atoms with Crippen molar-refractivity contribution in [2.45, 2.75) is 277 Å². The van der Waals surface area contributed by atoms with Crippen LogP contribution in [0.25, 0.3) is 0 Å². The SMILES string of the molecule is CCCCC/C=C\C/C=C\C/C=C\CCCCCCC(=O)O[C@H](COC(=O)CCCCCCC/C=C\CCCCCCCC)COC(=O)CCCCCCCCCCCCCC. The molecule has 0 fully saturated rings. The van der Waals surface area contributed by atoms with Crippen LogP contribution in [0.4, 0.5) is 0 Å². The molecule has 0 heterocycles. The minimum Gasteiger partial charge on any atom is -0.462 e. The Morgan fingerprint density at radius 3 is 0.952 bits per heavy atom. The third-order valence-corrected chi connectivity index (χ3v) is 11.6. The Morgan fingerprint density at radius 2 is 0.581 bits per heavy atom. The second kappa shape index (κ2) is 51.0. The fraction of sp³-hybridized carbons (Fsp3) is 0.804. The molecule has 6 nitrogen and oxygen atoms in total. The van der Waals surface area contributed by atoms with Gasteiger partial charge in [-0.15, -0.1) is 0 Å². The van der Waals surface area contributed by atoms with E-state index in [1.54, 1.807) is 0 Å². The summed E-state index contributed by atoms with van der Waals surface area (Å²) in [6, 6.07) is 0. The van der Waals surface area contributed by atoms with Gasteiger partial charge in [-0.3, -0.25) is 14.4 Å². The van der Waals surface area contributed by atoms with Gasteiger partial charge in [-0.25, -0.2) is 0 Å². The monoisotopic (exact) mass is 869 g/mol. The number of hydrogen-bond acceptors (Lipinski definition) is 6. The summed E-state index contributed by atoms with van der Waals surface area (Å²) in [6.45, 7) is 6.59.